The number of imidazole rings is 1. The van der Waals surface area contributed by atoms with E-state index < -0.39 is 10.0 Å². The smallest absolute Gasteiger partial charge is 0.260 e. The van der Waals surface area contributed by atoms with E-state index in [0.29, 0.717) is 11.6 Å². The van der Waals surface area contributed by atoms with E-state index in [4.69, 9.17) is 11.6 Å². The van der Waals surface area contributed by atoms with E-state index in [9.17, 15) is 8.42 Å². The zero-order valence-corrected chi connectivity index (χ0v) is 12.2. The summed E-state index contributed by atoms with van der Waals surface area (Å²) in [6, 6.07) is 7.20. The molecule has 2 aromatic rings. The van der Waals surface area contributed by atoms with E-state index in [0.717, 1.165) is 18.4 Å². The largest absolute Gasteiger partial charge is 0.335 e. The van der Waals surface area contributed by atoms with Crippen molar-refractivity contribution in [3.63, 3.8) is 0 Å². The SMILES string of the molecule is O=S(=O)(c1cnc[nH]1)N1CCC[C@@H]1c1ccc(Cl)cc1. The molecule has 0 radical (unpaired) electrons. The minimum absolute atomic E-state index is 0.137. The Hall–Kier alpha value is -1.37. The van der Waals surface area contributed by atoms with Crippen LogP contribution in [0.4, 0.5) is 0 Å². The van der Waals surface area contributed by atoms with Gasteiger partial charge >= 0.3 is 0 Å². The van der Waals surface area contributed by atoms with Gasteiger partial charge in [-0.2, -0.15) is 4.31 Å². The highest BCUT2D eigenvalue weighted by atomic mass is 35.5. The summed E-state index contributed by atoms with van der Waals surface area (Å²) in [6.45, 7) is 0.522. The highest BCUT2D eigenvalue weighted by Crippen LogP contribution is 2.36. The highest BCUT2D eigenvalue weighted by Gasteiger charge is 2.36. The summed E-state index contributed by atoms with van der Waals surface area (Å²) < 4.78 is 26.7. The Labute approximate surface area is 122 Å². The van der Waals surface area contributed by atoms with Crippen molar-refractivity contribution in [2.24, 2.45) is 0 Å². The summed E-state index contributed by atoms with van der Waals surface area (Å²) in [7, 11) is -3.52. The van der Waals surface area contributed by atoms with Gasteiger partial charge in [0, 0.05) is 11.6 Å². The van der Waals surface area contributed by atoms with Gasteiger partial charge < -0.3 is 4.98 Å². The van der Waals surface area contributed by atoms with Gasteiger partial charge in [-0.15, -0.1) is 0 Å². The van der Waals surface area contributed by atoms with Crippen molar-refractivity contribution in [3.8, 4) is 0 Å². The van der Waals surface area contributed by atoms with Crippen LogP contribution in [0.2, 0.25) is 5.02 Å². The molecule has 1 aliphatic rings. The molecule has 0 aliphatic carbocycles. The summed E-state index contributed by atoms with van der Waals surface area (Å²) in [5.41, 5.74) is 0.968. The van der Waals surface area contributed by atoms with Crippen LogP contribution in [-0.4, -0.2) is 29.2 Å². The van der Waals surface area contributed by atoms with Crippen molar-refractivity contribution >= 4 is 21.6 Å². The van der Waals surface area contributed by atoms with Crippen LogP contribution >= 0.6 is 11.6 Å². The lowest BCUT2D eigenvalue weighted by Gasteiger charge is -2.23. The van der Waals surface area contributed by atoms with E-state index in [2.05, 4.69) is 9.97 Å². The van der Waals surface area contributed by atoms with E-state index in [1.807, 2.05) is 12.1 Å². The van der Waals surface area contributed by atoms with E-state index in [1.165, 1.54) is 16.8 Å². The van der Waals surface area contributed by atoms with E-state index >= 15 is 0 Å². The lowest BCUT2D eigenvalue weighted by Crippen LogP contribution is -2.30. The molecule has 1 aliphatic heterocycles. The Morgan fingerprint density at radius 3 is 2.70 bits per heavy atom. The first-order valence-corrected chi connectivity index (χ1v) is 8.16. The second-order valence-electron chi connectivity index (χ2n) is 4.74. The molecule has 1 saturated heterocycles. The molecule has 20 heavy (non-hydrogen) atoms. The Bertz CT molecular complexity index is 683. The first-order chi connectivity index (χ1) is 9.59. The van der Waals surface area contributed by atoms with Crippen molar-refractivity contribution in [1.82, 2.24) is 14.3 Å². The van der Waals surface area contributed by atoms with Gasteiger partial charge in [-0.3, -0.25) is 0 Å². The number of H-pyrrole nitrogens is 1. The average molecular weight is 312 g/mol. The number of halogens is 1. The zero-order valence-electron chi connectivity index (χ0n) is 10.7. The molecule has 1 fully saturated rings. The topological polar surface area (TPSA) is 66.1 Å². The van der Waals surface area contributed by atoms with Crippen LogP contribution in [0, 0.1) is 0 Å². The summed E-state index contributed by atoms with van der Waals surface area (Å²) in [5.74, 6) is 0. The number of rotatable bonds is 3. The normalized spacial score (nSPS) is 20.4. The molecule has 3 rings (SSSR count). The fourth-order valence-corrected chi connectivity index (χ4v) is 4.26. The van der Waals surface area contributed by atoms with Gasteiger partial charge in [-0.05, 0) is 30.5 Å². The number of sulfonamides is 1. The van der Waals surface area contributed by atoms with Gasteiger partial charge in [0.15, 0.2) is 5.03 Å². The van der Waals surface area contributed by atoms with Crippen LogP contribution in [-0.2, 0) is 10.0 Å². The summed E-state index contributed by atoms with van der Waals surface area (Å²) in [4.78, 5) is 6.46. The first-order valence-electron chi connectivity index (χ1n) is 6.35. The molecule has 1 atom stereocenters. The number of nitrogens with one attached hydrogen (secondary N) is 1. The molecule has 0 amide bonds. The molecule has 1 aromatic carbocycles. The number of hydrogen-bond donors (Lipinski definition) is 1. The van der Waals surface area contributed by atoms with E-state index in [-0.39, 0.29) is 11.1 Å². The van der Waals surface area contributed by atoms with Gasteiger partial charge in [-0.1, -0.05) is 23.7 Å². The quantitative estimate of drug-likeness (QED) is 0.947. The van der Waals surface area contributed by atoms with E-state index in [1.54, 1.807) is 12.1 Å². The minimum atomic E-state index is -3.52. The van der Waals surface area contributed by atoms with Crippen LogP contribution in [0.5, 0.6) is 0 Å². The molecule has 1 aromatic heterocycles. The second-order valence-corrected chi connectivity index (χ2v) is 7.04. The van der Waals surface area contributed by atoms with Gasteiger partial charge in [0.25, 0.3) is 10.0 Å². The van der Waals surface area contributed by atoms with Gasteiger partial charge in [0.1, 0.15) is 0 Å². The molecule has 0 spiro atoms. The second kappa shape index (κ2) is 5.20. The molecule has 2 heterocycles. The molecule has 7 heteroatoms. The molecule has 0 unspecified atom stereocenters. The Morgan fingerprint density at radius 1 is 1.30 bits per heavy atom. The first kappa shape index (κ1) is 13.6. The van der Waals surface area contributed by atoms with Crippen LogP contribution in [0.1, 0.15) is 24.4 Å². The van der Waals surface area contributed by atoms with Crippen molar-refractivity contribution in [2.75, 3.05) is 6.54 Å². The third kappa shape index (κ3) is 2.34. The van der Waals surface area contributed by atoms with Gasteiger partial charge in [0.2, 0.25) is 0 Å². The number of aromatic amines is 1. The minimum Gasteiger partial charge on any atom is -0.335 e. The summed E-state index contributed by atoms with van der Waals surface area (Å²) in [6.07, 6.45) is 4.38. The molecular weight excluding hydrogens is 298 g/mol. The standard InChI is InChI=1S/C13H14ClN3O2S/c14-11-5-3-10(4-6-11)12-2-1-7-17(12)20(18,19)13-8-15-9-16-13/h3-6,8-9,12H,1-2,7H2,(H,15,16)/t12-/m1/s1. The monoisotopic (exact) mass is 311 g/mol. The lowest BCUT2D eigenvalue weighted by molar-refractivity contribution is 0.395. The third-order valence-corrected chi connectivity index (χ3v) is 5.60. The van der Waals surface area contributed by atoms with Crippen molar-refractivity contribution in [3.05, 3.63) is 47.4 Å². The molecule has 106 valence electrons. The van der Waals surface area contributed by atoms with Crippen molar-refractivity contribution < 1.29 is 8.42 Å². The number of aromatic nitrogens is 2. The highest BCUT2D eigenvalue weighted by molar-refractivity contribution is 7.89. The molecule has 5 nitrogen and oxygen atoms in total. The zero-order chi connectivity index (χ0) is 14.2. The van der Waals surface area contributed by atoms with Crippen molar-refractivity contribution in [2.45, 2.75) is 23.9 Å². The third-order valence-electron chi connectivity index (χ3n) is 3.52. The number of nitrogens with zero attached hydrogens (tertiary/aromatic N) is 2. The molecule has 0 bridgehead atoms. The molecule has 0 saturated carbocycles. The molecular formula is C13H14ClN3O2S. The lowest BCUT2D eigenvalue weighted by atomic mass is 10.1. The predicted molar refractivity (Wildman–Crippen MR) is 75.9 cm³/mol. The fourth-order valence-electron chi connectivity index (χ4n) is 2.56. The molecule has 1 N–H and O–H groups in total. The Morgan fingerprint density at radius 2 is 2.05 bits per heavy atom. The van der Waals surface area contributed by atoms with Crippen molar-refractivity contribution in [1.29, 1.82) is 0 Å². The summed E-state index contributed by atoms with van der Waals surface area (Å²) >= 11 is 5.88. The van der Waals surface area contributed by atoms with Crippen LogP contribution in [0.25, 0.3) is 0 Å². The van der Waals surface area contributed by atoms with Gasteiger partial charge in [0.05, 0.1) is 18.6 Å². The average Bonchev–Trinajstić information content (AvgIpc) is 3.11. The maximum absolute atomic E-state index is 12.6. The van der Waals surface area contributed by atoms with Crippen LogP contribution in [0.15, 0.2) is 41.8 Å². The number of benzene rings is 1. The fraction of sp³-hybridized carbons (Fsp3) is 0.308. The Balaban J connectivity index is 1.95. The summed E-state index contributed by atoms with van der Waals surface area (Å²) in [5, 5.41) is 0.785. The Kier molecular flexibility index (Phi) is 3.54. The number of hydrogen-bond acceptors (Lipinski definition) is 3. The van der Waals surface area contributed by atoms with Gasteiger partial charge in [-0.25, -0.2) is 13.4 Å². The van der Waals surface area contributed by atoms with Crippen LogP contribution < -0.4 is 0 Å². The maximum Gasteiger partial charge on any atom is 0.260 e. The van der Waals surface area contributed by atoms with Crippen LogP contribution in [0.3, 0.4) is 0 Å². The maximum atomic E-state index is 12.6. The predicted octanol–water partition coefficient (Wildman–Crippen LogP) is 2.59.